The van der Waals surface area contributed by atoms with Crippen LogP contribution in [0.4, 0.5) is 13.2 Å². The molecule has 0 amide bonds. The molecular formula is C12H21F3IN3. The second kappa shape index (κ2) is 6.49. The fourth-order valence-corrected chi connectivity index (χ4v) is 2.31. The Labute approximate surface area is 128 Å². The largest absolute Gasteiger partial charge is 0.396 e. The van der Waals surface area contributed by atoms with Crippen LogP contribution >= 0.6 is 24.0 Å². The van der Waals surface area contributed by atoms with Crippen LogP contribution in [0.25, 0.3) is 0 Å². The maximum absolute atomic E-state index is 12.7. The van der Waals surface area contributed by atoms with Crippen LogP contribution < -0.4 is 5.73 Å². The molecule has 2 aliphatic rings. The number of hydrogen-bond donors (Lipinski definition) is 1. The van der Waals surface area contributed by atoms with Crippen molar-refractivity contribution >= 4 is 29.9 Å². The molecule has 19 heavy (non-hydrogen) atoms. The number of nitrogens with zero attached hydrogens (tertiary/aromatic N) is 2. The van der Waals surface area contributed by atoms with E-state index in [1.807, 2.05) is 4.90 Å². The number of rotatable bonds is 2. The Morgan fingerprint density at radius 2 is 1.63 bits per heavy atom. The Kier molecular flexibility index (Phi) is 5.76. The predicted octanol–water partition coefficient (Wildman–Crippen LogP) is 3.14. The molecule has 0 bridgehead atoms. The molecule has 0 atom stereocenters. The van der Waals surface area contributed by atoms with Crippen molar-refractivity contribution in [3.05, 3.63) is 0 Å². The zero-order chi connectivity index (χ0) is 13.2. The van der Waals surface area contributed by atoms with Gasteiger partial charge in [0, 0.05) is 13.1 Å². The topological polar surface area (TPSA) is 41.6 Å². The van der Waals surface area contributed by atoms with E-state index in [9.17, 15) is 13.2 Å². The van der Waals surface area contributed by atoms with E-state index in [-0.39, 0.29) is 49.3 Å². The number of guanidine groups is 1. The molecule has 2 N–H and O–H groups in total. The molecule has 0 aromatic carbocycles. The van der Waals surface area contributed by atoms with Crippen LogP contribution in [-0.4, -0.2) is 36.7 Å². The van der Waals surface area contributed by atoms with Crippen molar-refractivity contribution < 1.29 is 13.2 Å². The third-order valence-corrected chi connectivity index (χ3v) is 3.93. The number of nitrogens with two attached hydrogens (primary N) is 1. The van der Waals surface area contributed by atoms with Crippen molar-refractivity contribution in [2.75, 3.05) is 19.6 Å². The molecule has 0 radical (unpaired) electrons. The van der Waals surface area contributed by atoms with Crippen molar-refractivity contribution in [3.63, 3.8) is 0 Å². The lowest BCUT2D eigenvalue weighted by Gasteiger charge is -2.22. The normalized spacial score (nSPS) is 23.5. The van der Waals surface area contributed by atoms with Gasteiger partial charge < -0.3 is 10.6 Å². The van der Waals surface area contributed by atoms with E-state index in [2.05, 4.69) is 4.99 Å². The van der Waals surface area contributed by atoms with Gasteiger partial charge in [0.2, 0.25) is 0 Å². The number of aliphatic imine (C=N–C) groups is 1. The molecule has 0 spiro atoms. The molecule has 1 heterocycles. The molecule has 3 nitrogen and oxygen atoms in total. The molecular weight excluding hydrogens is 370 g/mol. The first kappa shape index (κ1) is 16.8. The maximum atomic E-state index is 12.7. The number of alkyl halides is 3. The molecule has 1 saturated carbocycles. The van der Waals surface area contributed by atoms with E-state index in [4.69, 9.17) is 5.73 Å². The quantitative estimate of drug-likeness (QED) is 0.447. The van der Waals surface area contributed by atoms with Crippen molar-refractivity contribution in [3.8, 4) is 0 Å². The van der Waals surface area contributed by atoms with Gasteiger partial charge in [-0.3, -0.25) is 4.99 Å². The monoisotopic (exact) mass is 391 g/mol. The summed E-state index contributed by atoms with van der Waals surface area (Å²) in [6.07, 6.45) is 0.643. The third-order valence-electron chi connectivity index (χ3n) is 3.93. The Bertz CT molecular complexity index is 319. The van der Waals surface area contributed by atoms with E-state index in [0.29, 0.717) is 0 Å². The first-order valence-corrected chi connectivity index (χ1v) is 6.56. The summed E-state index contributed by atoms with van der Waals surface area (Å²) < 4.78 is 38.2. The van der Waals surface area contributed by atoms with Gasteiger partial charge in [-0.25, -0.2) is 0 Å². The Hall–Kier alpha value is -0.210. The van der Waals surface area contributed by atoms with Crippen molar-refractivity contribution in [1.29, 1.82) is 0 Å². The van der Waals surface area contributed by atoms with Crippen LogP contribution in [-0.2, 0) is 0 Å². The van der Waals surface area contributed by atoms with Crippen LogP contribution in [0.1, 0.15) is 38.5 Å². The summed E-state index contributed by atoms with van der Waals surface area (Å²) in [6, 6.07) is 0. The van der Waals surface area contributed by atoms with Crippen molar-refractivity contribution in [2.24, 2.45) is 16.1 Å². The average molecular weight is 391 g/mol. The molecule has 0 aromatic heterocycles. The molecule has 0 aromatic rings. The van der Waals surface area contributed by atoms with Gasteiger partial charge in [-0.05, 0) is 25.7 Å². The highest BCUT2D eigenvalue weighted by Gasteiger charge is 2.63. The maximum Gasteiger partial charge on any atom is 0.396 e. The summed E-state index contributed by atoms with van der Waals surface area (Å²) in [5, 5.41) is 0. The van der Waals surface area contributed by atoms with E-state index in [0.717, 1.165) is 38.8 Å². The zero-order valence-corrected chi connectivity index (χ0v) is 13.2. The minimum atomic E-state index is -4.14. The van der Waals surface area contributed by atoms with Gasteiger partial charge in [0.25, 0.3) is 0 Å². The number of likely N-dealkylation sites (tertiary alicyclic amines) is 1. The van der Waals surface area contributed by atoms with Gasteiger partial charge in [0.1, 0.15) is 0 Å². The second-order valence-corrected chi connectivity index (χ2v) is 5.35. The summed E-state index contributed by atoms with van der Waals surface area (Å²) in [5.74, 6) is 0.285. The summed E-state index contributed by atoms with van der Waals surface area (Å²) in [5.41, 5.74) is 4.22. The molecule has 7 heteroatoms. The fourth-order valence-electron chi connectivity index (χ4n) is 2.31. The molecule has 1 aliphatic carbocycles. The highest BCUT2D eigenvalue weighted by molar-refractivity contribution is 14.0. The minimum Gasteiger partial charge on any atom is -0.370 e. The average Bonchev–Trinajstić information content (AvgIpc) is 3.10. The minimum absolute atomic E-state index is 0. The van der Waals surface area contributed by atoms with Crippen LogP contribution in [0, 0.1) is 5.41 Å². The fraction of sp³-hybridized carbons (Fsp3) is 0.917. The van der Waals surface area contributed by atoms with E-state index >= 15 is 0 Å². The summed E-state index contributed by atoms with van der Waals surface area (Å²) >= 11 is 0. The standard InChI is InChI=1S/C12H20F3N3.HI/c13-12(14,15)11(5-6-11)9-17-10(16)18-7-3-1-2-4-8-18;/h1-9H2,(H2,16,17);1H. The molecule has 2 rings (SSSR count). The highest BCUT2D eigenvalue weighted by Crippen LogP contribution is 2.57. The second-order valence-electron chi connectivity index (χ2n) is 5.35. The lowest BCUT2D eigenvalue weighted by molar-refractivity contribution is -0.183. The van der Waals surface area contributed by atoms with E-state index < -0.39 is 11.6 Å². The van der Waals surface area contributed by atoms with Gasteiger partial charge in [0.05, 0.1) is 12.0 Å². The van der Waals surface area contributed by atoms with Gasteiger partial charge in [-0.2, -0.15) is 13.2 Å². The molecule has 2 fully saturated rings. The predicted molar refractivity (Wildman–Crippen MR) is 79.7 cm³/mol. The first-order chi connectivity index (χ1) is 8.45. The van der Waals surface area contributed by atoms with Crippen molar-refractivity contribution in [1.82, 2.24) is 4.90 Å². The first-order valence-electron chi connectivity index (χ1n) is 6.56. The Morgan fingerprint density at radius 1 is 1.11 bits per heavy atom. The summed E-state index contributed by atoms with van der Waals surface area (Å²) in [6.45, 7) is 1.42. The molecule has 1 saturated heterocycles. The van der Waals surface area contributed by atoms with Crippen molar-refractivity contribution in [2.45, 2.75) is 44.7 Å². The van der Waals surface area contributed by atoms with Gasteiger partial charge in [-0.15, -0.1) is 24.0 Å². The molecule has 0 unspecified atom stereocenters. The van der Waals surface area contributed by atoms with E-state index in [1.54, 1.807) is 0 Å². The zero-order valence-electron chi connectivity index (χ0n) is 10.9. The van der Waals surface area contributed by atoms with Crippen LogP contribution in [0.2, 0.25) is 0 Å². The van der Waals surface area contributed by atoms with Crippen LogP contribution in [0.15, 0.2) is 4.99 Å². The van der Waals surface area contributed by atoms with Gasteiger partial charge in [-0.1, -0.05) is 12.8 Å². The smallest absolute Gasteiger partial charge is 0.370 e. The third kappa shape index (κ3) is 4.13. The summed E-state index contributed by atoms with van der Waals surface area (Å²) in [7, 11) is 0. The lowest BCUT2D eigenvalue weighted by atomic mass is 10.1. The Morgan fingerprint density at radius 3 is 2.05 bits per heavy atom. The number of hydrogen-bond acceptors (Lipinski definition) is 1. The highest BCUT2D eigenvalue weighted by atomic mass is 127. The molecule has 1 aliphatic heterocycles. The lowest BCUT2D eigenvalue weighted by Crippen LogP contribution is -2.39. The molecule has 112 valence electrons. The van der Waals surface area contributed by atoms with Gasteiger partial charge in [0.15, 0.2) is 5.96 Å². The Balaban J connectivity index is 0.00000180. The van der Waals surface area contributed by atoms with Crippen LogP contribution in [0.3, 0.4) is 0 Å². The van der Waals surface area contributed by atoms with Crippen LogP contribution in [0.5, 0.6) is 0 Å². The van der Waals surface area contributed by atoms with Gasteiger partial charge >= 0.3 is 6.18 Å². The summed E-state index contributed by atoms with van der Waals surface area (Å²) in [4.78, 5) is 5.91. The number of halogens is 4. The SMILES string of the molecule is I.NC(=NCC1(C(F)(F)F)CC1)N1CCCCCC1. The van der Waals surface area contributed by atoms with E-state index in [1.165, 1.54) is 0 Å².